The quantitative estimate of drug-likeness (QED) is 0.190. The summed E-state index contributed by atoms with van der Waals surface area (Å²) in [6, 6.07) is 20.0. The molecule has 2 N–H and O–H groups in total. The zero-order valence-electron chi connectivity index (χ0n) is 22.2. The SMILES string of the molecule is CC(O)(COc1ccc([S+](c2ccccc2)c2ccc(OC(C)(C)C(O)(C(F)(F)F)C(F)(F)F)cc2)cc1)C(F)(F)F. The van der Waals surface area contributed by atoms with Crippen LogP contribution in [0.1, 0.15) is 20.8 Å². The first-order chi connectivity index (χ1) is 19.1. The number of ether oxygens (including phenoxy) is 2. The normalized spacial score (nSPS) is 15.6. The molecular weight excluding hydrogens is 603 g/mol. The Bertz CT molecular complexity index is 1310. The van der Waals surface area contributed by atoms with Gasteiger partial charge in [0.15, 0.2) is 25.9 Å². The lowest BCUT2D eigenvalue weighted by atomic mass is 9.84. The summed E-state index contributed by atoms with van der Waals surface area (Å²) in [6.45, 7) is 0.494. The fraction of sp³-hybridized carbons (Fsp3) is 0.357. The highest BCUT2D eigenvalue weighted by atomic mass is 32.2. The first-order valence-electron chi connectivity index (χ1n) is 12.1. The average molecular weight is 630 g/mol. The smallest absolute Gasteiger partial charge is 0.430 e. The van der Waals surface area contributed by atoms with E-state index in [0.29, 0.717) is 30.6 Å². The van der Waals surface area contributed by atoms with Crippen LogP contribution in [-0.2, 0) is 10.9 Å². The summed E-state index contributed by atoms with van der Waals surface area (Å²) >= 11 is 0. The highest BCUT2D eigenvalue weighted by molar-refractivity contribution is 7.97. The van der Waals surface area contributed by atoms with E-state index in [2.05, 4.69) is 0 Å². The van der Waals surface area contributed by atoms with Gasteiger partial charge < -0.3 is 19.7 Å². The molecule has 3 aromatic rings. The summed E-state index contributed by atoms with van der Waals surface area (Å²) in [5.74, 6) is -0.319. The van der Waals surface area contributed by atoms with E-state index in [9.17, 15) is 49.7 Å². The van der Waals surface area contributed by atoms with Crippen molar-refractivity contribution in [3.63, 3.8) is 0 Å². The fourth-order valence-electron chi connectivity index (χ4n) is 3.80. The molecule has 42 heavy (non-hydrogen) atoms. The Kier molecular flexibility index (Phi) is 9.17. The second-order valence-corrected chi connectivity index (χ2v) is 12.0. The molecule has 0 aromatic heterocycles. The summed E-state index contributed by atoms with van der Waals surface area (Å²) in [4.78, 5) is 1.99. The standard InChI is InChI=1S/C28H26F9O4S/c1-23(2,25(39,27(32,33)34)28(35,36)37)41-19-11-15-22(16-12-19)42(20-7-5-4-6-8-20)21-13-9-18(10-14-21)40-17-24(3,38)26(29,30)31/h4-16,38-39H,17H2,1-3H3/q+1. The third-order valence-corrected chi connectivity index (χ3v) is 8.52. The van der Waals surface area contributed by atoms with Crippen LogP contribution in [0.2, 0.25) is 0 Å². The first kappa shape index (κ1) is 33.4. The maximum absolute atomic E-state index is 13.4. The van der Waals surface area contributed by atoms with E-state index >= 15 is 0 Å². The van der Waals surface area contributed by atoms with E-state index in [1.54, 1.807) is 42.5 Å². The van der Waals surface area contributed by atoms with E-state index in [1.165, 1.54) is 36.4 Å². The molecule has 0 saturated heterocycles. The molecule has 0 aliphatic heterocycles. The number of hydrogen-bond donors (Lipinski definition) is 2. The lowest BCUT2D eigenvalue weighted by molar-refractivity contribution is -0.403. The van der Waals surface area contributed by atoms with Crippen LogP contribution in [-0.4, -0.2) is 52.2 Å². The van der Waals surface area contributed by atoms with Crippen LogP contribution in [0, 0.1) is 0 Å². The minimum absolute atomic E-state index is 0.0488. The molecule has 3 aromatic carbocycles. The van der Waals surface area contributed by atoms with Crippen molar-refractivity contribution in [1.29, 1.82) is 0 Å². The van der Waals surface area contributed by atoms with E-state index in [-0.39, 0.29) is 11.5 Å². The number of alkyl halides is 9. The third kappa shape index (κ3) is 6.76. The lowest BCUT2D eigenvalue weighted by Gasteiger charge is -2.43. The second-order valence-electron chi connectivity index (χ2n) is 9.94. The van der Waals surface area contributed by atoms with Gasteiger partial charge in [0.25, 0.3) is 5.60 Å². The van der Waals surface area contributed by atoms with Crippen molar-refractivity contribution in [2.75, 3.05) is 6.61 Å². The van der Waals surface area contributed by atoms with Gasteiger partial charge in [-0.15, -0.1) is 0 Å². The minimum Gasteiger partial charge on any atom is -0.490 e. The maximum atomic E-state index is 13.4. The van der Waals surface area contributed by atoms with Gasteiger partial charge in [0.05, 0.1) is 10.9 Å². The Balaban J connectivity index is 1.91. The minimum atomic E-state index is -6.09. The Morgan fingerprint density at radius 2 is 0.976 bits per heavy atom. The predicted octanol–water partition coefficient (Wildman–Crippen LogP) is 7.49. The van der Waals surface area contributed by atoms with Gasteiger partial charge in [-0.1, -0.05) is 18.2 Å². The zero-order chi connectivity index (χ0) is 31.8. The summed E-state index contributed by atoms with van der Waals surface area (Å²) in [5.41, 5.74) is -11.4. The Morgan fingerprint density at radius 1 is 0.571 bits per heavy atom. The topological polar surface area (TPSA) is 58.9 Å². The predicted molar refractivity (Wildman–Crippen MR) is 135 cm³/mol. The van der Waals surface area contributed by atoms with Crippen molar-refractivity contribution in [2.24, 2.45) is 0 Å². The molecule has 230 valence electrons. The molecule has 0 spiro atoms. The van der Waals surface area contributed by atoms with E-state index in [0.717, 1.165) is 4.90 Å². The lowest BCUT2D eigenvalue weighted by Crippen LogP contribution is -2.70. The number of hydrogen-bond acceptors (Lipinski definition) is 4. The van der Waals surface area contributed by atoms with Gasteiger partial charge in [0.2, 0.25) is 0 Å². The third-order valence-electron chi connectivity index (χ3n) is 6.29. The molecule has 0 heterocycles. The summed E-state index contributed by atoms with van der Waals surface area (Å²) < 4.78 is 129. The van der Waals surface area contributed by atoms with E-state index < -0.39 is 52.8 Å². The zero-order valence-corrected chi connectivity index (χ0v) is 23.1. The molecular formula is C28H26F9O4S+. The van der Waals surface area contributed by atoms with Gasteiger partial charge in [-0.3, -0.25) is 0 Å². The molecule has 0 bridgehead atoms. The number of aliphatic hydroxyl groups is 2. The summed E-state index contributed by atoms with van der Waals surface area (Å²) in [6.07, 6.45) is -17.1. The van der Waals surface area contributed by atoms with Gasteiger partial charge in [0.1, 0.15) is 18.1 Å². The molecule has 3 rings (SSSR count). The summed E-state index contributed by atoms with van der Waals surface area (Å²) in [7, 11) is -0.885. The number of benzene rings is 3. The van der Waals surface area contributed by atoms with Crippen LogP contribution >= 0.6 is 0 Å². The Morgan fingerprint density at radius 3 is 1.38 bits per heavy atom. The Hall–Kier alpha value is -3.10. The van der Waals surface area contributed by atoms with Crippen molar-refractivity contribution >= 4 is 10.9 Å². The monoisotopic (exact) mass is 629 g/mol. The van der Waals surface area contributed by atoms with Crippen molar-refractivity contribution in [2.45, 2.75) is 70.8 Å². The largest absolute Gasteiger partial charge is 0.490 e. The van der Waals surface area contributed by atoms with Crippen LogP contribution in [0.5, 0.6) is 11.5 Å². The Labute approximate surface area is 238 Å². The molecule has 0 fully saturated rings. The highest BCUT2D eigenvalue weighted by Crippen LogP contribution is 2.50. The van der Waals surface area contributed by atoms with Crippen LogP contribution in [0.15, 0.2) is 93.5 Å². The van der Waals surface area contributed by atoms with Gasteiger partial charge in [-0.05, 0) is 81.4 Å². The van der Waals surface area contributed by atoms with Crippen molar-refractivity contribution in [3.8, 4) is 11.5 Å². The van der Waals surface area contributed by atoms with E-state index in [4.69, 9.17) is 9.47 Å². The van der Waals surface area contributed by atoms with Gasteiger partial charge in [-0.2, -0.15) is 39.5 Å². The van der Waals surface area contributed by atoms with Crippen molar-refractivity contribution < 1.29 is 59.2 Å². The number of halogens is 9. The molecule has 0 amide bonds. The molecule has 0 radical (unpaired) electrons. The van der Waals surface area contributed by atoms with Gasteiger partial charge >= 0.3 is 18.5 Å². The van der Waals surface area contributed by atoms with Crippen LogP contribution < -0.4 is 9.47 Å². The molecule has 2 unspecified atom stereocenters. The summed E-state index contributed by atoms with van der Waals surface area (Å²) in [5, 5.41) is 19.4. The molecule has 0 aliphatic carbocycles. The molecule has 4 nitrogen and oxygen atoms in total. The van der Waals surface area contributed by atoms with E-state index in [1.807, 2.05) is 0 Å². The average Bonchev–Trinajstić information content (AvgIpc) is 2.87. The molecule has 0 saturated carbocycles. The first-order valence-corrected chi connectivity index (χ1v) is 13.3. The van der Waals surface area contributed by atoms with Crippen LogP contribution in [0.4, 0.5) is 39.5 Å². The van der Waals surface area contributed by atoms with Gasteiger partial charge in [-0.25, -0.2) is 0 Å². The fourth-order valence-corrected chi connectivity index (χ4v) is 5.86. The molecule has 2 atom stereocenters. The number of rotatable bonds is 9. The molecule has 14 heteroatoms. The molecule has 0 aliphatic rings. The van der Waals surface area contributed by atoms with Crippen molar-refractivity contribution in [3.05, 3.63) is 78.9 Å². The maximum Gasteiger partial charge on any atom is 0.430 e. The van der Waals surface area contributed by atoms with Crippen LogP contribution in [0.3, 0.4) is 0 Å². The van der Waals surface area contributed by atoms with Crippen molar-refractivity contribution in [1.82, 2.24) is 0 Å². The van der Waals surface area contributed by atoms with Gasteiger partial charge in [0, 0.05) is 0 Å². The highest BCUT2D eigenvalue weighted by Gasteiger charge is 2.78. The van der Waals surface area contributed by atoms with Crippen LogP contribution in [0.25, 0.3) is 0 Å². The second kappa shape index (κ2) is 11.5.